The quantitative estimate of drug-likeness (QED) is 0.288. The zero-order valence-corrected chi connectivity index (χ0v) is 18.8. The third kappa shape index (κ3) is 4.30. The fourth-order valence-electron chi connectivity index (χ4n) is 3.10. The lowest BCUT2D eigenvalue weighted by atomic mass is 10.2. The van der Waals surface area contributed by atoms with Crippen molar-refractivity contribution in [2.75, 3.05) is 0 Å². The second-order valence-corrected chi connectivity index (χ2v) is 8.69. The Hall–Kier alpha value is -2.13. The van der Waals surface area contributed by atoms with Gasteiger partial charge in [0.1, 0.15) is 11.5 Å². The summed E-state index contributed by atoms with van der Waals surface area (Å²) in [4.78, 5) is 4.65. The lowest BCUT2D eigenvalue weighted by Crippen LogP contribution is -2.03. The van der Waals surface area contributed by atoms with E-state index in [0.29, 0.717) is 55.6 Å². The summed E-state index contributed by atoms with van der Waals surface area (Å²) in [5.41, 5.74) is 2.27. The van der Waals surface area contributed by atoms with Crippen molar-refractivity contribution in [3.63, 3.8) is 0 Å². The van der Waals surface area contributed by atoms with Crippen molar-refractivity contribution in [3.05, 3.63) is 68.2 Å². The number of benzene rings is 2. The van der Waals surface area contributed by atoms with Gasteiger partial charge in [-0.3, -0.25) is 4.57 Å². The van der Waals surface area contributed by atoms with Crippen molar-refractivity contribution >= 4 is 46.1 Å². The molecule has 0 N–H and O–H groups in total. The first kappa shape index (κ1) is 22.1. The molecule has 4 aromatic rings. The van der Waals surface area contributed by atoms with Gasteiger partial charge < -0.3 is 0 Å². The molecule has 0 fully saturated rings. The van der Waals surface area contributed by atoms with Gasteiger partial charge in [0.05, 0.1) is 10.7 Å². The average Bonchev–Trinajstić information content (AvgIpc) is 3.33. The fraction of sp³-hybridized carbons (Fsp3) is 0.150. The van der Waals surface area contributed by atoms with Crippen LogP contribution in [0.15, 0.2) is 42.5 Å². The maximum absolute atomic E-state index is 13.1. The van der Waals surface area contributed by atoms with E-state index in [0.717, 1.165) is 5.69 Å². The molecule has 0 spiro atoms. The number of rotatable bonds is 4. The predicted molar refractivity (Wildman–Crippen MR) is 117 cm³/mol. The number of halogens is 6. The molecule has 0 saturated carbocycles. The minimum atomic E-state index is -4.58. The average molecular weight is 504 g/mol. The highest BCUT2D eigenvalue weighted by atomic mass is 35.5. The highest BCUT2D eigenvalue weighted by Gasteiger charge is 2.36. The molecule has 0 aliphatic carbocycles. The van der Waals surface area contributed by atoms with Crippen LogP contribution in [-0.4, -0.2) is 19.7 Å². The molecule has 160 valence electrons. The molecule has 2 aromatic heterocycles. The molecule has 0 radical (unpaired) electrons. The lowest BCUT2D eigenvalue weighted by molar-refractivity contribution is -0.138. The smallest absolute Gasteiger partial charge is 0.296 e. The van der Waals surface area contributed by atoms with Crippen LogP contribution in [0.5, 0.6) is 0 Å². The second-order valence-electron chi connectivity index (χ2n) is 6.43. The number of hydrogen-bond acceptors (Lipinski definition) is 4. The van der Waals surface area contributed by atoms with Gasteiger partial charge in [0, 0.05) is 21.3 Å². The van der Waals surface area contributed by atoms with Gasteiger partial charge in [-0.25, -0.2) is 4.98 Å². The van der Waals surface area contributed by atoms with Gasteiger partial charge in [-0.2, -0.15) is 13.2 Å². The number of alkyl halides is 3. The summed E-state index contributed by atoms with van der Waals surface area (Å²) in [5, 5.41) is 7.45. The van der Waals surface area contributed by atoms with Gasteiger partial charge >= 0.3 is 6.18 Å². The van der Waals surface area contributed by atoms with Crippen molar-refractivity contribution in [2.24, 2.45) is 0 Å². The van der Waals surface area contributed by atoms with Crippen molar-refractivity contribution in [3.8, 4) is 27.8 Å². The molecule has 0 amide bonds. The Morgan fingerprint density at radius 2 is 1.65 bits per heavy atom. The summed E-state index contributed by atoms with van der Waals surface area (Å²) in [6, 6.07) is 12.0. The van der Waals surface area contributed by atoms with Gasteiger partial charge in [-0.1, -0.05) is 53.1 Å². The monoisotopic (exact) mass is 502 g/mol. The third-order valence-corrected chi connectivity index (χ3v) is 6.21. The van der Waals surface area contributed by atoms with Crippen molar-refractivity contribution < 1.29 is 13.2 Å². The van der Waals surface area contributed by atoms with Crippen LogP contribution < -0.4 is 0 Å². The van der Waals surface area contributed by atoms with E-state index in [1.807, 2.05) is 11.5 Å². The van der Waals surface area contributed by atoms with E-state index in [1.165, 1.54) is 0 Å². The van der Waals surface area contributed by atoms with Crippen LogP contribution in [0.4, 0.5) is 13.2 Å². The largest absolute Gasteiger partial charge is 0.445 e. The van der Waals surface area contributed by atoms with Crippen LogP contribution in [0.25, 0.3) is 27.8 Å². The van der Waals surface area contributed by atoms with E-state index in [2.05, 4.69) is 15.2 Å². The van der Waals surface area contributed by atoms with Crippen LogP contribution in [0.2, 0.25) is 15.1 Å². The molecule has 0 bridgehead atoms. The predicted octanol–water partition coefficient (Wildman–Crippen LogP) is 7.60. The summed E-state index contributed by atoms with van der Waals surface area (Å²) in [6.07, 6.45) is -4.11. The summed E-state index contributed by atoms with van der Waals surface area (Å²) in [6.45, 7) is 1.88. The van der Waals surface area contributed by atoms with Gasteiger partial charge in [0.25, 0.3) is 0 Å². The Labute approximate surface area is 194 Å². The number of hydrogen-bond donors (Lipinski definition) is 0. The highest BCUT2D eigenvalue weighted by molar-refractivity contribution is 7.14. The molecule has 2 heterocycles. The Morgan fingerprint density at radius 1 is 0.968 bits per heavy atom. The molecule has 11 heteroatoms. The van der Waals surface area contributed by atoms with Crippen molar-refractivity contribution in [1.29, 1.82) is 0 Å². The number of nitrogens with zero attached hydrogens (tertiary/aromatic N) is 4. The first-order valence-corrected chi connectivity index (χ1v) is 10.9. The van der Waals surface area contributed by atoms with E-state index in [9.17, 15) is 13.2 Å². The van der Waals surface area contributed by atoms with E-state index >= 15 is 0 Å². The summed E-state index contributed by atoms with van der Waals surface area (Å²) in [7, 11) is 0. The topological polar surface area (TPSA) is 43.6 Å². The van der Waals surface area contributed by atoms with Crippen LogP contribution in [0.1, 0.15) is 17.6 Å². The van der Waals surface area contributed by atoms with Crippen LogP contribution in [0.3, 0.4) is 0 Å². The van der Waals surface area contributed by atoms with Crippen LogP contribution >= 0.6 is 46.1 Å². The van der Waals surface area contributed by atoms with Gasteiger partial charge in [0.2, 0.25) is 5.01 Å². The van der Waals surface area contributed by atoms with Crippen LogP contribution in [0, 0.1) is 0 Å². The van der Waals surface area contributed by atoms with Crippen molar-refractivity contribution in [2.45, 2.75) is 19.5 Å². The highest BCUT2D eigenvalue weighted by Crippen LogP contribution is 2.39. The molecule has 4 nitrogen and oxygen atoms in total. The first-order chi connectivity index (χ1) is 14.7. The molecule has 4 rings (SSSR count). The Morgan fingerprint density at radius 3 is 2.23 bits per heavy atom. The molecule has 2 aromatic carbocycles. The van der Waals surface area contributed by atoms with E-state index in [-0.39, 0.29) is 5.01 Å². The Bertz CT molecular complexity index is 1250. The Kier molecular flexibility index (Phi) is 6.00. The fourth-order valence-corrected chi connectivity index (χ4v) is 4.45. The van der Waals surface area contributed by atoms with E-state index in [1.54, 1.807) is 42.5 Å². The minimum absolute atomic E-state index is 0.0724. The van der Waals surface area contributed by atoms with Crippen LogP contribution in [-0.2, 0) is 12.6 Å². The van der Waals surface area contributed by atoms with Gasteiger partial charge in [0.15, 0.2) is 5.01 Å². The van der Waals surface area contributed by atoms with E-state index in [4.69, 9.17) is 34.8 Å². The molecule has 0 atom stereocenters. The minimum Gasteiger partial charge on any atom is -0.296 e. The van der Waals surface area contributed by atoms with E-state index < -0.39 is 11.2 Å². The molecule has 0 saturated heterocycles. The zero-order valence-electron chi connectivity index (χ0n) is 15.7. The van der Waals surface area contributed by atoms with Crippen molar-refractivity contribution in [1.82, 2.24) is 19.7 Å². The van der Waals surface area contributed by atoms with Gasteiger partial charge in [-0.15, -0.1) is 10.2 Å². The summed E-state index contributed by atoms with van der Waals surface area (Å²) < 4.78 is 41.1. The molecule has 0 unspecified atom stereocenters. The normalized spacial score (nSPS) is 11.8. The Balaban J connectivity index is 1.99. The standard InChI is InChI=1S/C20H12Cl3F3N4S/c1-2-15-16(18-28-29-19(31-18)20(24,25)26)27-17(13-8-5-11(22)9-14(13)23)30(15)12-6-3-10(21)4-7-12/h3-9H,2H2,1H3. The molecular weight excluding hydrogens is 492 g/mol. The number of imidazole rings is 1. The SMILES string of the molecule is CCc1c(-c2nnc(C(F)(F)F)s2)nc(-c2ccc(Cl)cc2Cl)n1-c1ccc(Cl)cc1. The zero-order chi connectivity index (χ0) is 22.3. The second kappa shape index (κ2) is 8.43. The third-order valence-electron chi connectivity index (χ3n) is 4.43. The molecule has 0 aliphatic heterocycles. The summed E-state index contributed by atoms with van der Waals surface area (Å²) >= 11 is 18.9. The molecular formula is C20H12Cl3F3N4S. The van der Waals surface area contributed by atoms with Gasteiger partial charge in [-0.05, 0) is 48.9 Å². The molecule has 31 heavy (non-hydrogen) atoms. The maximum Gasteiger partial charge on any atom is 0.445 e. The maximum atomic E-state index is 13.1. The summed E-state index contributed by atoms with van der Waals surface area (Å²) in [5.74, 6) is 0.444. The first-order valence-electron chi connectivity index (χ1n) is 8.93. The number of aromatic nitrogens is 4. The lowest BCUT2D eigenvalue weighted by Gasteiger charge is -2.13. The molecule has 0 aliphatic rings.